The van der Waals surface area contributed by atoms with Gasteiger partial charge < -0.3 is 26.7 Å². The van der Waals surface area contributed by atoms with Crippen LogP contribution >= 0.6 is 0 Å². The quantitative estimate of drug-likeness (QED) is 0.0682. The van der Waals surface area contributed by atoms with Gasteiger partial charge >= 0.3 is 7.25 Å². The molecule has 0 unspecified atom stereocenters. The average Bonchev–Trinajstić information content (AvgIpc) is 3.89. The maximum absolute atomic E-state index is 9.75. The zero-order valence-corrected chi connectivity index (χ0v) is 33.6. The van der Waals surface area contributed by atoms with E-state index in [9.17, 15) is 17.3 Å². The van der Waals surface area contributed by atoms with Crippen LogP contribution in [0.5, 0.6) is 0 Å². The molecule has 1 aliphatic carbocycles. The molecule has 0 N–H and O–H groups in total. The number of aromatic nitrogens is 1. The topological polar surface area (TPSA) is 11.2 Å². The Morgan fingerprint density at radius 2 is 1.25 bits per heavy atom. The molecule has 8 heteroatoms. The molecule has 0 spiro atoms. The van der Waals surface area contributed by atoms with Gasteiger partial charge in [-0.25, -0.2) is 0 Å². The van der Waals surface area contributed by atoms with Crippen LogP contribution in [0.25, 0.3) is 38.5 Å². The lowest BCUT2D eigenvalue weighted by Gasteiger charge is -2.28. The van der Waals surface area contributed by atoms with Crippen molar-refractivity contribution in [3.05, 3.63) is 179 Å². The van der Waals surface area contributed by atoms with Crippen molar-refractivity contribution in [3.63, 3.8) is 0 Å². The highest BCUT2D eigenvalue weighted by Crippen LogP contribution is 2.42. The fourth-order valence-electron chi connectivity index (χ4n) is 8.79. The van der Waals surface area contributed by atoms with E-state index in [1.165, 1.54) is 83.0 Å². The van der Waals surface area contributed by atoms with Gasteiger partial charge in [0.25, 0.3) is 0 Å². The first-order valence-corrected chi connectivity index (χ1v) is 20.8. The Labute approximate surface area is 343 Å². The molecule has 59 heavy (non-hydrogen) atoms. The summed E-state index contributed by atoms with van der Waals surface area (Å²) in [4.78, 5) is 2.49. The molecule has 0 fully saturated rings. The van der Waals surface area contributed by atoms with Crippen LogP contribution in [0.1, 0.15) is 57.9 Å². The molecule has 0 saturated carbocycles. The van der Waals surface area contributed by atoms with Crippen LogP contribution in [0, 0.1) is 0 Å². The predicted octanol–water partition coefficient (Wildman–Crippen LogP) is 13.9. The molecule has 9 rings (SSSR count). The van der Waals surface area contributed by atoms with Crippen LogP contribution in [-0.2, 0) is 6.54 Å². The van der Waals surface area contributed by atoms with E-state index in [1.54, 1.807) is 0 Å². The second kappa shape index (κ2) is 17.4. The number of hydrogen-bond donors (Lipinski definition) is 0. The van der Waals surface area contributed by atoms with E-state index < -0.39 is 7.25 Å². The maximum atomic E-state index is 9.75. The first kappa shape index (κ1) is 39.7. The van der Waals surface area contributed by atoms with Crippen molar-refractivity contribution in [3.8, 4) is 0 Å². The van der Waals surface area contributed by atoms with Crippen LogP contribution < -0.4 is 10.2 Å². The van der Waals surface area contributed by atoms with Crippen molar-refractivity contribution >= 4 is 68.6 Å². The van der Waals surface area contributed by atoms with Crippen molar-refractivity contribution in [1.29, 1.82) is 0 Å². The Kier molecular flexibility index (Phi) is 11.7. The normalized spacial score (nSPS) is 15.2. The van der Waals surface area contributed by atoms with E-state index >= 15 is 0 Å². The molecule has 0 saturated heterocycles. The van der Waals surface area contributed by atoms with Gasteiger partial charge in [0.2, 0.25) is 11.4 Å². The summed E-state index contributed by atoms with van der Waals surface area (Å²) < 4.78 is 44.1. The fraction of sp³-hybridized carbons (Fsp3) is 0.196. The summed E-state index contributed by atoms with van der Waals surface area (Å²) in [6, 6.07) is 48.9. The van der Waals surface area contributed by atoms with Gasteiger partial charge in [-0.05, 0) is 83.7 Å². The van der Waals surface area contributed by atoms with Gasteiger partial charge in [0.15, 0.2) is 0 Å². The first-order chi connectivity index (χ1) is 28.7. The third-order valence-electron chi connectivity index (χ3n) is 11.4. The number of hydrogen-bond acceptors (Lipinski definition) is 1. The second-order valence-corrected chi connectivity index (χ2v) is 15.2. The van der Waals surface area contributed by atoms with Crippen LogP contribution in [0.2, 0.25) is 0 Å². The fourth-order valence-corrected chi connectivity index (χ4v) is 8.79. The Morgan fingerprint density at radius 1 is 0.644 bits per heavy atom. The number of anilines is 2. The van der Waals surface area contributed by atoms with Crippen molar-refractivity contribution in [2.75, 3.05) is 11.4 Å². The molecule has 7 aromatic rings. The van der Waals surface area contributed by atoms with Crippen LogP contribution in [0.4, 0.5) is 34.3 Å². The third-order valence-corrected chi connectivity index (χ3v) is 11.4. The zero-order valence-electron chi connectivity index (χ0n) is 33.6. The van der Waals surface area contributed by atoms with Gasteiger partial charge in [0.05, 0.1) is 16.6 Å². The van der Waals surface area contributed by atoms with Gasteiger partial charge in [-0.2, -0.15) is 4.58 Å². The van der Waals surface area contributed by atoms with Gasteiger partial charge in [-0.1, -0.05) is 130 Å². The van der Waals surface area contributed by atoms with Gasteiger partial charge in [0, 0.05) is 58.1 Å². The average molecular weight is 790 g/mol. The van der Waals surface area contributed by atoms with E-state index in [4.69, 9.17) is 0 Å². The van der Waals surface area contributed by atoms with E-state index in [1.807, 2.05) is 0 Å². The SMILES string of the molecule is CCCCn1/c(=C\C=C2\CCC(/C=C/C3=[N+](CCCC)c4cccc5cccc3c45)=C2N(c2ccccc2)c2ccccc2)c2cccc3cccc1c32.F[B-](F)(F)F. The number of rotatable bonds is 12. The van der Waals surface area contributed by atoms with Gasteiger partial charge in [-0.15, -0.1) is 0 Å². The Bertz CT molecular complexity index is 2740. The van der Waals surface area contributed by atoms with Crippen molar-refractivity contribution in [1.82, 2.24) is 4.57 Å². The summed E-state index contributed by atoms with van der Waals surface area (Å²) in [5, 5.41) is 8.01. The molecule has 1 aliphatic heterocycles. The molecular weight excluding hydrogens is 741 g/mol. The molecule has 6 aromatic carbocycles. The number of halogens is 4. The van der Waals surface area contributed by atoms with E-state index in [-0.39, 0.29) is 0 Å². The van der Waals surface area contributed by atoms with E-state index in [2.05, 4.69) is 186 Å². The van der Waals surface area contributed by atoms with Crippen molar-refractivity contribution in [2.45, 2.75) is 58.9 Å². The highest BCUT2D eigenvalue weighted by Gasteiger charge is 2.31. The smallest absolute Gasteiger partial charge is 0.418 e. The number of allylic oxidation sites excluding steroid dienone is 5. The standard InChI is InChI=1S/C51H48N3.BF4/c1-3-5-35-52-45(43-25-13-17-37-19-15-27-47(52)49(37)43)33-31-39-29-30-40(51(39)54(41-21-9-7-10-22-41)42-23-11-8-12-24-42)32-34-46-44-26-14-18-38-20-16-28-48(50(38)44)53(46)36-6-4-2;2-1(3,4)5/h7-28,31-34H,3-6,29-30,35-36H2,1-2H3;/q+1;-1. The minimum atomic E-state index is -6.00. The minimum absolute atomic E-state index is 0.978. The van der Waals surface area contributed by atoms with E-state index in [0.29, 0.717) is 0 Å². The third kappa shape index (κ3) is 8.27. The molecule has 0 radical (unpaired) electrons. The highest BCUT2D eigenvalue weighted by molar-refractivity contribution is 6.50. The largest absolute Gasteiger partial charge is 0.673 e. The summed E-state index contributed by atoms with van der Waals surface area (Å²) in [5.74, 6) is 0. The van der Waals surface area contributed by atoms with Crippen LogP contribution in [-0.4, -0.2) is 28.7 Å². The number of para-hydroxylation sites is 2. The van der Waals surface area contributed by atoms with Gasteiger partial charge in [-0.3, -0.25) is 0 Å². The molecule has 0 atom stereocenters. The predicted molar refractivity (Wildman–Crippen MR) is 240 cm³/mol. The lowest BCUT2D eigenvalue weighted by Crippen LogP contribution is -2.18. The molecular formula is C51H48BF4N3. The van der Waals surface area contributed by atoms with Gasteiger partial charge in [0.1, 0.15) is 6.54 Å². The molecule has 1 aromatic heterocycles. The monoisotopic (exact) mass is 789 g/mol. The summed E-state index contributed by atoms with van der Waals surface area (Å²) >= 11 is 0. The minimum Gasteiger partial charge on any atom is -0.418 e. The number of nitrogens with zero attached hydrogens (tertiary/aromatic N) is 3. The lowest BCUT2D eigenvalue weighted by atomic mass is 10.0. The van der Waals surface area contributed by atoms with Crippen LogP contribution in [0.15, 0.2) is 169 Å². The van der Waals surface area contributed by atoms with E-state index in [0.717, 1.165) is 51.6 Å². The summed E-state index contributed by atoms with van der Waals surface area (Å²) in [6.07, 6.45) is 16.3. The first-order valence-electron chi connectivity index (χ1n) is 20.8. The number of benzene rings is 6. The summed E-state index contributed by atoms with van der Waals surface area (Å²) in [7, 11) is -6.00. The summed E-state index contributed by atoms with van der Waals surface area (Å²) in [6.45, 7) is 6.60. The van der Waals surface area contributed by atoms with Crippen molar-refractivity contribution < 1.29 is 21.8 Å². The zero-order chi connectivity index (χ0) is 40.9. The lowest BCUT2D eigenvalue weighted by molar-refractivity contribution is -0.436. The molecule has 3 nitrogen and oxygen atoms in total. The highest BCUT2D eigenvalue weighted by atomic mass is 19.5. The summed E-state index contributed by atoms with van der Waals surface area (Å²) in [5.41, 5.74) is 11.6. The van der Waals surface area contributed by atoms with Crippen molar-refractivity contribution in [2.24, 2.45) is 0 Å². The Balaban J connectivity index is 0.000000915. The Hall–Kier alpha value is -6.15. The van der Waals surface area contributed by atoms with Crippen LogP contribution in [0.3, 0.4) is 0 Å². The number of unbranched alkanes of at least 4 members (excludes halogenated alkanes) is 2. The molecule has 2 aliphatic rings. The molecule has 0 bridgehead atoms. The Morgan fingerprint density at radius 3 is 1.92 bits per heavy atom. The molecule has 0 amide bonds. The molecule has 298 valence electrons. The maximum Gasteiger partial charge on any atom is 0.673 e. The molecule has 2 heterocycles. The second-order valence-electron chi connectivity index (χ2n) is 15.2. The number of aryl methyl sites for hydroxylation is 1.